The van der Waals surface area contributed by atoms with Crippen molar-refractivity contribution in [3.8, 4) is 11.9 Å². The number of hydrogen-bond acceptors (Lipinski definition) is 4. The summed E-state index contributed by atoms with van der Waals surface area (Å²) in [6.45, 7) is 0.506. The van der Waals surface area contributed by atoms with Crippen LogP contribution in [0.5, 0.6) is 5.88 Å². The van der Waals surface area contributed by atoms with Crippen LogP contribution in [0.2, 0.25) is 5.02 Å². The standard InChI is InChI=1S/C14H12ClN3O/c1-19-14-11(3-2-6-17-14)9-18-13-7-12(15)5-4-10(13)8-16/h2-7,18H,9H2,1H3. The van der Waals surface area contributed by atoms with Gasteiger partial charge in [0.2, 0.25) is 5.88 Å². The lowest BCUT2D eigenvalue weighted by Crippen LogP contribution is -2.04. The Morgan fingerprint density at radius 2 is 2.26 bits per heavy atom. The summed E-state index contributed by atoms with van der Waals surface area (Å²) in [6.07, 6.45) is 1.67. The molecule has 0 unspecified atom stereocenters. The Balaban J connectivity index is 2.19. The van der Waals surface area contributed by atoms with E-state index in [1.807, 2.05) is 12.1 Å². The molecule has 0 spiro atoms. The largest absolute Gasteiger partial charge is 0.481 e. The average Bonchev–Trinajstić information content (AvgIpc) is 2.45. The van der Waals surface area contributed by atoms with Crippen molar-refractivity contribution in [2.45, 2.75) is 6.54 Å². The van der Waals surface area contributed by atoms with Crippen LogP contribution in [0, 0.1) is 11.3 Å². The maximum atomic E-state index is 9.04. The zero-order chi connectivity index (χ0) is 13.7. The third kappa shape index (κ3) is 3.15. The summed E-state index contributed by atoms with van der Waals surface area (Å²) in [5.74, 6) is 0.565. The van der Waals surface area contributed by atoms with Gasteiger partial charge in [0.25, 0.3) is 0 Å². The summed E-state index contributed by atoms with van der Waals surface area (Å²) in [4.78, 5) is 4.12. The Morgan fingerprint density at radius 1 is 1.42 bits per heavy atom. The van der Waals surface area contributed by atoms with Gasteiger partial charge in [-0.15, -0.1) is 0 Å². The van der Waals surface area contributed by atoms with Crippen LogP contribution in [0.4, 0.5) is 5.69 Å². The van der Waals surface area contributed by atoms with Crippen molar-refractivity contribution >= 4 is 17.3 Å². The Hall–Kier alpha value is -2.25. The molecule has 19 heavy (non-hydrogen) atoms. The summed E-state index contributed by atoms with van der Waals surface area (Å²) >= 11 is 5.93. The van der Waals surface area contributed by atoms with Gasteiger partial charge in [-0.05, 0) is 24.3 Å². The van der Waals surface area contributed by atoms with Gasteiger partial charge < -0.3 is 10.1 Å². The van der Waals surface area contributed by atoms with Gasteiger partial charge in [0.1, 0.15) is 6.07 Å². The van der Waals surface area contributed by atoms with E-state index in [1.165, 1.54) is 0 Å². The number of hydrogen-bond donors (Lipinski definition) is 1. The molecule has 96 valence electrons. The highest BCUT2D eigenvalue weighted by atomic mass is 35.5. The van der Waals surface area contributed by atoms with Crippen molar-refractivity contribution in [2.75, 3.05) is 12.4 Å². The first-order valence-electron chi connectivity index (χ1n) is 5.66. The van der Waals surface area contributed by atoms with Gasteiger partial charge in [0, 0.05) is 23.3 Å². The highest BCUT2D eigenvalue weighted by molar-refractivity contribution is 6.30. The quantitative estimate of drug-likeness (QED) is 0.929. The van der Waals surface area contributed by atoms with Crippen LogP contribution in [0.15, 0.2) is 36.5 Å². The predicted molar refractivity (Wildman–Crippen MR) is 74.3 cm³/mol. The lowest BCUT2D eigenvalue weighted by Gasteiger charge is -2.10. The van der Waals surface area contributed by atoms with E-state index in [9.17, 15) is 0 Å². The number of benzene rings is 1. The first-order chi connectivity index (χ1) is 9.24. The fourth-order valence-electron chi connectivity index (χ4n) is 1.69. The lowest BCUT2D eigenvalue weighted by molar-refractivity contribution is 0.393. The molecule has 0 amide bonds. The molecule has 1 aromatic heterocycles. The molecule has 1 N–H and O–H groups in total. The van der Waals surface area contributed by atoms with E-state index < -0.39 is 0 Å². The Kier molecular flexibility index (Phi) is 4.22. The highest BCUT2D eigenvalue weighted by Gasteiger charge is 2.06. The molecule has 5 heteroatoms. The molecule has 4 nitrogen and oxygen atoms in total. The number of nitrogens with zero attached hydrogens (tertiary/aromatic N) is 2. The van der Waals surface area contributed by atoms with Gasteiger partial charge in [-0.1, -0.05) is 17.7 Å². The molecule has 1 aromatic carbocycles. The fraction of sp³-hybridized carbons (Fsp3) is 0.143. The van der Waals surface area contributed by atoms with E-state index in [4.69, 9.17) is 21.6 Å². The first kappa shape index (κ1) is 13.2. The second-order valence-electron chi connectivity index (χ2n) is 3.83. The SMILES string of the molecule is COc1ncccc1CNc1cc(Cl)ccc1C#N. The van der Waals surface area contributed by atoms with Crippen molar-refractivity contribution in [1.82, 2.24) is 4.98 Å². The predicted octanol–water partition coefficient (Wildman–Crippen LogP) is 3.23. The summed E-state index contributed by atoms with van der Waals surface area (Å²) in [5, 5.41) is 12.8. The van der Waals surface area contributed by atoms with Gasteiger partial charge in [0.05, 0.1) is 18.4 Å². The normalized spacial score (nSPS) is 9.74. The molecule has 0 radical (unpaired) electrons. The summed E-state index contributed by atoms with van der Waals surface area (Å²) in [6, 6.07) is 11.0. The van der Waals surface area contributed by atoms with E-state index in [0.29, 0.717) is 28.7 Å². The van der Waals surface area contributed by atoms with Crippen LogP contribution >= 0.6 is 11.6 Å². The van der Waals surface area contributed by atoms with Gasteiger partial charge in [-0.3, -0.25) is 0 Å². The smallest absolute Gasteiger partial charge is 0.218 e. The van der Waals surface area contributed by atoms with Crippen molar-refractivity contribution in [1.29, 1.82) is 5.26 Å². The minimum Gasteiger partial charge on any atom is -0.481 e. The van der Waals surface area contributed by atoms with E-state index in [2.05, 4.69) is 16.4 Å². The summed E-state index contributed by atoms with van der Waals surface area (Å²) < 4.78 is 5.17. The van der Waals surface area contributed by atoms with Crippen molar-refractivity contribution in [3.05, 3.63) is 52.7 Å². The summed E-state index contributed by atoms with van der Waals surface area (Å²) in [7, 11) is 1.58. The molecular weight excluding hydrogens is 262 g/mol. The van der Waals surface area contributed by atoms with Crippen LogP contribution in [-0.2, 0) is 6.54 Å². The number of nitrogens with one attached hydrogen (secondary N) is 1. The zero-order valence-electron chi connectivity index (χ0n) is 10.4. The van der Waals surface area contributed by atoms with Gasteiger partial charge in [-0.2, -0.15) is 5.26 Å². The highest BCUT2D eigenvalue weighted by Crippen LogP contribution is 2.22. The third-order valence-electron chi connectivity index (χ3n) is 2.61. The number of ether oxygens (including phenoxy) is 1. The molecule has 0 saturated heterocycles. The van der Waals surface area contributed by atoms with Crippen LogP contribution in [0.25, 0.3) is 0 Å². The minimum atomic E-state index is 0.506. The molecule has 0 saturated carbocycles. The van der Waals surface area contributed by atoms with Crippen LogP contribution < -0.4 is 10.1 Å². The van der Waals surface area contributed by atoms with E-state index >= 15 is 0 Å². The van der Waals surface area contributed by atoms with Crippen molar-refractivity contribution < 1.29 is 4.74 Å². The molecular formula is C14H12ClN3O. The number of pyridine rings is 1. The molecule has 2 rings (SSSR count). The molecule has 1 heterocycles. The average molecular weight is 274 g/mol. The number of anilines is 1. The third-order valence-corrected chi connectivity index (χ3v) is 2.85. The van der Waals surface area contributed by atoms with Crippen LogP contribution in [0.1, 0.15) is 11.1 Å². The van der Waals surface area contributed by atoms with Crippen molar-refractivity contribution in [2.24, 2.45) is 0 Å². The molecule has 0 aliphatic carbocycles. The van der Waals surface area contributed by atoms with E-state index in [1.54, 1.807) is 31.5 Å². The number of methoxy groups -OCH3 is 1. The minimum absolute atomic E-state index is 0.506. The molecule has 0 aliphatic rings. The second kappa shape index (κ2) is 6.07. The van der Waals surface area contributed by atoms with Gasteiger partial charge >= 0.3 is 0 Å². The molecule has 0 fully saturated rings. The maximum absolute atomic E-state index is 9.04. The fourth-order valence-corrected chi connectivity index (χ4v) is 1.87. The lowest BCUT2D eigenvalue weighted by atomic mass is 10.2. The molecule has 0 atom stereocenters. The second-order valence-corrected chi connectivity index (χ2v) is 4.26. The van der Waals surface area contributed by atoms with Crippen LogP contribution in [0.3, 0.4) is 0 Å². The number of halogens is 1. The van der Waals surface area contributed by atoms with Gasteiger partial charge in [0.15, 0.2) is 0 Å². The van der Waals surface area contributed by atoms with Crippen LogP contribution in [-0.4, -0.2) is 12.1 Å². The molecule has 2 aromatic rings. The summed E-state index contributed by atoms with van der Waals surface area (Å²) in [5.41, 5.74) is 2.15. The topological polar surface area (TPSA) is 57.9 Å². The monoisotopic (exact) mass is 273 g/mol. The van der Waals surface area contributed by atoms with Crippen molar-refractivity contribution in [3.63, 3.8) is 0 Å². The molecule has 0 aliphatic heterocycles. The molecule has 0 bridgehead atoms. The Bertz CT molecular complexity index is 622. The number of aromatic nitrogens is 1. The van der Waals surface area contributed by atoms with E-state index in [0.717, 1.165) is 5.56 Å². The number of rotatable bonds is 4. The van der Waals surface area contributed by atoms with E-state index in [-0.39, 0.29) is 0 Å². The zero-order valence-corrected chi connectivity index (χ0v) is 11.1. The Morgan fingerprint density at radius 3 is 3.00 bits per heavy atom. The Labute approximate surface area is 116 Å². The van der Waals surface area contributed by atoms with Gasteiger partial charge in [-0.25, -0.2) is 4.98 Å². The maximum Gasteiger partial charge on any atom is 0.218 e. The number of nitriles is 1. The first-order valence-corrected chi connectivity index (χ1v) is 6.04.